The van der Waals surface area contributed by atoms with E-state index >= 15 is 0 Å². The molecule has 6 amide bonds. The van der Waals surface area contributed by atoms with Gasteiger partial charge in [0.1, 0.15) is 0 Å². The highest BCUT2D eigenvalue weighted by Crippen LogP contribution is 2.25. The van der Waals surface area contributed by atoms with Crippen molar-refractivity contribution in [2.24, 2.45) is 34.6 Å². The Kier molecular flexibility index (Phi) is 29.6. The number of aliphatic hydroxyl groups excluding tert-OH is 4. The van der Waals surface area contributed by atoms with Crippen molar-refractivity contribution >= 4 is 23.9 Å². The first-order valence-corrected chi connectivity index (χ1v) is 15.8. The maximum absolute atomic E-state index is 12.5. The van der Waals surface area contributed by atoms with E-state index < -0.39 is 18.0 Å². The van der Waals surface area contributed by atoms with Crippen LogP contribution in [0, 0.1) is 5.92 Å². The Morgan fingerprint density at radius 1 is 0.652 bits per heavy atom. The van der Waals surface area contributed by atoms with E-state index in [0.717, 1.165) is 18.4 Å². The van der Waals surface area contributed by atoms with Gasteiger partial charge in [-0.2, -0.15) is 0 Å². The number of benzene rings is 1. The summed E-state index contributed by atoms with van der Waals surface area (Å²) in [5.41, 5.74) is 23.5. The van der Waals surface area contributed by atoms with E-state index in [4.69, 9.17) is 35.7 Å². The van der Waals surface area contributed by atoms with Gasteiger partial charge >= 0.3 is 12.1 Å². The number of aliphatic hydroxyl groups is 4. The van der Waals surface area contributed by atoms with Crippen molar-refractivity contribution in [1.82, 2.24) is 4.90 Å². The van der Waals surface area contributed by atoms with Crippen molar-refractivity contribution in [2.75, 3.05) is 39.5 Å². The molecule has 14 nitrogen and oxygen atoms in total. The molecule has 0 fully saturated rings. The monoisotopic (exact) mass is 658 g/mol. The first-order valence-electron chi connectivity index (χ1n) is 15.8. The minimum atomic E-state index is -0.833. The number of primary amides is 5. The SMILES string of the molecule is CC(C)(C)c1cc(C(N)=O)cc(C(=O)N(CCO)CCO)c1.CCCCCCCCCC(CCO)CCO.NC(N)=O.NC(N)=O. The molecule has 0 aliphatic heterocycles. The molecule has 0 aromatic heterocycles. The van der Waals surface area contributed by atoms with Crippen molar-refractivity contribution in [3.05, 3.63) is 34.9 Å². The lowest BCUT2D eigenvalue weighted by Crippen LogP contribution is -2.36. The summed E-state index contributed by atoms with van der Waals surface area (Å²) in [4.78, 5) is 43.4. The minimum absolute atomic E-state index is 0.116. The van der Waals surface area contributed by atoms with Crippen molar-refractivity contribution in [2.45, 2.75) is 97.3 Å². The van der Waals surface area contributed by atoms with E-state index in [0.29, 0.717) is 11.5 Å². The van der Waals surface area contributed by atoms with Crippen LogP contribution >= 0.6 is 0 Å². The number of hydrogen-bond acceptors (Lipinski definition) is 8. The second kappa shape index (κ2) is 29.0. The molecule has 0 unspecified atom stereocenters. The van der Waals surface area contributed by atoms with Gasteiger partial charge in [0.05, 0.1) is 13.2 Å². The van der Waals surface area contributed by atoms with Crippen molar-refractivity contribution in [1.29, 1.82) is 0 Å². The molecule has 1 rings (SSSR count). The fourth-order valence-corrected chi connectivity index (χ4v) is 4.25. The van der Waals surface area contributed by atoms with Crippen molar-refractivity contribution in [3.8, 4) is 0 Å². The van der Waals surface area contributed by atoms with Gasteiger partial charge in [0.25, 0.3) is 5.91 Å². The molecule has 14 heteroatoms. The van der Waals surface area contributed by atoms with Crippen LogP contribution in [-0.2, 0) is 5.41 Å². The van der Waals surface area contributed by atoms with E-state index in [1.807, 2.05) is 20.8 Å². The van der Waals surface area contributed by atoms with Crippen LogP contribution in [0.2, 0.25) is 0 Å². The zero-order chi connectivity index (χ0) is 36.1. The summed E-state index contributed by atoms with van der Waals surface area (Å²) < 4.78 is 0. The highest BCUT2D eigenvalue weighted by Gasteiger charge is 2.21. The van der Waals surface area contributed by atoms with Gasteiger partial charge in [-0.15, -0.1) is 0 Å². The van der Waals surface area contributed by atoms with Gasteiger partial charge in [-0.25, -0.2) is 9.59 Å². The number of rotatable bonds is 18. The second-order valence-electron chi connectivity index (χ2n) is 11.8. The van der Waals surface area contributed by atoms with Crippen LogP contribution in [0.5, 0.6) is 0 Å². The Balaban J connectivity index is -0.000000671. The first-order chi connectivity index (χ1) is 21.5. The number of carbonyl (C=O) groups excluding carboxylic acids is 4. The van der Waals surface area contributed by atoms with Crippen molar-refractivity contribution < 1.29 is 39.6 Å². The van der Waals surface area contributed by atoms with Gasteiger partial charge in [0, 0.05) is 37.4 Å². The molecule has 268 valence electrons. The van der Waals surface area contributed by atoms with E-state index in [-0.39, 0.29) is 56.4 Å². The average Bonchev–Trinajstić information content (AvgIpc) is 2.95. The molecule has 14 N–H and O–H groups in total. The molecular weight excluding hydrogens is 596 g/mol. The van der Waals surface area contributed by atoms with Crippen LogP contribution < -0.4 is 28.7 Å². The molecule has 0 atom stereocenters. The smallest absolute Gasteiger partial charge is 0.309 e. The quantitative estimate of drug-likeness (QED) is 0.105. The molecule has 0 bridgehead atoms. The van der Waals surface area contributed by atoms with Gasteiger partial charge in [-0.3, -0.25) is 9.59 Å². The van der Waals surface area contributed by atoms with Crippen LogP contribution in [0.25, 0.3) is 0 Å². The highest BCUT2D eigenvalue weighted by molar-refractivity contribution is 5.99. The summed E-state index contributed by atoms with van der Waals surface area (Å²) in [5, 5.41) is 35.8. The number of hydrogen-bond donors (Lipinski definition) is 9. The molecule has 0 aliphatic rings. The molecule has 0 aliphatic carbocycles. The zero-order valence-electron chi connectivity index (χ0n) is 28.4. The average molecular weight is 659 g/mol. The Morgan fingerprint density at radius 3 is 1.43 bits per heavy atom. The van der Waals surface area contributed by atoms with Crippen LogP contribution in [0.1, 0.15) is 118 Å². The number of carbonyl (C=O) groups is 4. The largest absolute Gasteiger partial charge is 0.396 e. The van der Waals surface area contributed by atoms with E-state index in [9.17, 15) is 9.59 Å². The molecule has 1 aromatic rings. The summed E-state index contributed by atoms with van der Waals surface area (Å²) in [7, 11) is 0. The topological polar surface area (TPSA) is 283 Å². The molecule has 0 heterocycles. The first kappa shape index (κ1) is 47.0. The Morgan fingerprint density at radius 2 is 1.07 bits per heavy atom. The molecule has 0 radical (unpaired) electrons. The van der Waals surface area contributed by atoms with Gasteiger partial charge in [0.15, 0.2) is 0 Å². The lowest BCUT2D eigenvalue weighted by atomic mass is 9.85. The third kappa shape index (κ3) is 28.0. The van der Waals surface area contributed by atoms with Crippen molar-refractivity contribution in [3.63, 3.8) is 0 Å². The van der Waals surface area contributed by atoms with Gasteiger partial charge < -0.3 is 54.0 Å². The number of urea groups is 2. The minimum Gasteiger partial charge on any atom is -0.396 e. The lowest BCUT2D eigenvalue weighted by Gasteiger charge is -2.24. The molecule has 0 spiro atoms. The van der Waals surface area contributed by atoms with Crippen LogP contribution in [-0.4, -0.2) is 88.7 Å². The third-order valence-electron chi connectivity index (χ3n) is 6.65. The summed E-state index contributed by atoms with van der Waals surface area (Å²) in [6, 6.07) is 3.18. The molecule has 0 saturated heterocycles. The molecule has 0 saturated carbocycles. The fourth-order valence-electron chi connectivity index (χ4n) is 4.25. The summed E-state index contributed by atoms with van der Waals surface area (Å²) in [6.07, 6.45) is 12.3. The van der Waals surface area contributed by atoms with Crippen LogP contribution in [0.4, 0.5) is 9.59 Å². The zero-order valence-corrected chi connectivity index (χ0v) is 28.4. The molecule has 46 heavy (non-hydrogen) atoms. The number of nitrogens with two attached hydrogens (primary N) is 5. The summed E-state index contributed by atoms with van der Waals surface area (Å²) in [6.45, 7) is 8.52. The Hall–Kier alpha value is -3.46. The maximum atomic E-state index is 12.5. The number of nitrogens with zero attached hydrogens (tertiary/aromatic N) is 1. The second-order valence-corrected chi connectivity index (χ2v) is 11.8. The summed E-state index contributed by atoms with van der Waals surface area (Å²) in [5.74, 6) is -0.418. The maximum Gasteiger partial charge on any atom is 0.309 e. The van der Waals surface area contributed by atoms with Gasteiger partial charge in [-0.1, -0.05) is 79.1 Å². The third-order valence-corrected chi connectivity index (χ3v) is 6.65. The number of amides is 6. The predicted octanol–water partition coefficient (Wildman–Crippen LogP) is 2.07. The van der Waals surface area contributed by atoms with Crippen LogP contribution in [0.3, 0.4) is 0 Å². The van der Waals surface area contributed by atoms with Crippen LogP contribution in [0.15, 0.2) is 18.2 Å². The Bertz CT molecular complexity index is 940. The lowest BCUT2D eigenvalue weighted by molar-refractivity contribution is 0.0684. The Labute approximate surface area is 274 Å². The molecule has 1 aromatic carbocycles. The predicted molar refractivity (Wildman–Crippen MR) is 181 cm³/mol. The van der Waals surface area contributed by atoms with Gasteiger partial charge in [0.2, 0.25) is 5.91 Å². The van der Waals surface area contributed by atoms with E-state index in [1.165, 1.54) is 62.3 Å². The number of unbranched alkanes of at least 4 members (excludes halogenated alkanes) is 6. The van der Waals surface area contributed by atoms with Gasteiger partial charge in [-0.05, 0) is 47.9 Å². The normalized spacial score (nSPS) is 10.4. The highest BCUT2D eigenvalue weighted by atomic mass is 16.3. The summed E-state index contributed by atoms with van der Waals surface area (Å²) >= 11 is 0. The van der Waals surface area contributed by atoms with E-state index in [2.05, 4.69) is 29.9 Å². The van der Waals surface area contributed by atoms with E-state index in [1.54, 1.807) is 12.1 Å². The fraction of sp³-hybridized carbons (Fsp3) is 0.688. The molecular formula is C32H62N6O8. The standard InChI is InChI=1S/C16H24N2O4.C14H30O2.2CH4N2O/c1-16(2,3)13-9-11(14(17)21)8-12(10-13)15(22)18(4-6-19)5-7-20;1-2-3-4-5-6-7-8-9-14(10-12-15)11-13-16;2*2-1(3)4/h8-10,19-20H,4-7H2,1-3H3,(H2,17,21);14-16H,2-13H2,1H3;2*(H4,2,3,4).